The van der Waals surface area contributed by atoms with Gasteiger partial charge in [-0.1, -0.05) is 11.6 Å². The van der Waals surface area contributed by atoms with Crippen LogP contribution in [-0.2, 0) is 0 Å². The number of amides is 1. The SMILES string of the molecule is Nc1cnc(Cl)c(C(=O)NCCF)c1. The van der Waals surface area contributed by atoms with Gasteiger partial charge in [-0.25, -0.2) is 9.37 Å². The second-order valence-corrected chi connectivity index (χ2v) is 2.91. The molecule has 0 saturated heterocycles. The van der Waals surface area contributed by atoms with E-state index in [9.17, 15) is 9.18 Å². The van der Waals surface area contributed by atoms with Crippen LogP contribution in [0.2, 0.25) is 5.15 Å². The monoisotopic (exact) mass is 217 g/mol. The highest BCUT2D eigenvalue weighted by atomic mass is 35.5. The molecule has 0 spiro atoms. The van der Waals surface area contributed by atoms with Gasteiger partial charge in [0, 0.05) is 6.54 Å². The molecule has 0 aliphatic carbocycles. The number of aromatic nitrogens is 1. The molecule has 1 aromatic heterocycles. The topological polar surface area (TPSA) is 68.0 Å². The Balaban J connectivity index is 2.83. The van der Waals surface area contributed by atoms with Crippen LogP contribution >= 0.6 is 11.6 Å². The van der Waals surface area contributed by atoms with Crippen molar-refractivity contribution in [3.8, 4) is 0 Å². The van der Waals surface area contributed by atoms with E-state index in [1.54, 1.807) is 0 Å². The molecule has 0 fully saturated rings. The zero-order valence-corrected chi connectivity index (χ0v) is 8.01. The largest absolute Gasteiger partial charge is 0.397 e. The van der Waals surface area contributed by atoms with Crippen LogP contribution in [0.5, 0.6) is 0 Å². The van der Waals surface area contributed by atoms with E-state index in [0.717, 1.165) is 0 Å². The van der Waals surface area contributed by atoms with E-state index < -0.39 is 12.6 Å². The summed E-state index contributed by atoms with van der Waals surface area (Å²) in [6.45, 7) is -0.678. The third-order valence-electron chi connectivity index (χ3n) is 1.48. The van der Waals surface area contributed by atoms with Crippen molar-refractivity contribution < 1.29 is 9.18 Å². The standard InChI is InChI=1S/C8H9ClFN3O/c9-7-6(3-5(11)4-13-7)8(14)12-2-1-10/h3-4H,1-2,11H2,(H,12,14). The number of carbonyl (C=O) groups is 1. The van der Waals surface area contributed by atoms with Crippen LogP contribution in [0.3, 0.4) is 0 Å². The van der Waals surface area contributed by atoms with E-state index >= 15 is 0 Å². The number of rotatable bonds is 3. The molecular formula is C8H9ClFN3O. The molecule has 0 aliphatic rings. The van der Waals surface area contributed by atoms with E-state index in [4.69, 9.17) is 17.3 Å². The van der Waals surface area contributed by atoms with Crippen molar-refractivity contribution >= 4 is 23.2 Å². The molecule has 3 N–H and O–H groups in total. The van der Waals surface area contributed by atoms with Gasteiger partial charge in [-0.15, -0.1) is 0 Å². The fourth-order valence-electron chi connectivity index (χ4n) is 0.879. The summed E-state index contributed by atoms with van der Waals surface area (Å²) in [4.78, 5) is 15.0. The second kappa shape index (κ2) is 4.76. The number of alkyl halides is 1. The maximum atomic E-state index is 11.8. The molecule has 0 aromatic carbocycles. The number of pyridine rings is 1. The Morgan fingerprint density at radius 1 is 1.71 bits per heavy atom. The van der Waals surface area contributed by atoms with Crippen molar-refractivity contribution in [2.45, 2.75) is 0 Å². The summed E-state index contributed by atoms with van der Waals surface area (Å²) < 4.78 is 11.8. The van der Waals surface area contributed by atoms with Crippen LogP contribution in [0.1, 0.15) is 10.4 Å². The lowest BCUT2D eigenvalue weighted by molar-refractivity contribution is 0.0950. The number of nitrogen functional groups attached to an aromatic ring is 1. The third-order valence-corrected chi connectivity index (χ3v) is 1.79. The molecule has 4 nitrogen and oxygen atoms in total. The average molecular weight is 218 g/mol. The van der Waals surface area contributed by atoms with Gasteiger partial charge in [0.2, 0.25) is 0 Å². The Labute approximate surface area is 85.3 Å². The Hall–Kier alpha value is -1.36. The highest BCUT2D eigenvalue weighted by Crippen LogP contribution is 2.14. The molecule has 0 unspecified atom stereocenters. The molecule has 14 heavy (non-hydrogen) atoms. The van der Waals surface area contributed by atoms with E-state index in [1.165, 1.54) is 12.3 Å². The maximum Gasteiger partial charge on any atom is 0.254 e. The van der Waals surface area contributed by atoms with Gasteiger partial charge in [-0.2, -0.15) is 0 Å². The third kappa shape index (κ3) is 2.56. The van der Waals surface area contributed by atoms with E-state index in [-0.39, 0.29) is 17.3 Å². The van der Waals surface area contributed by atoms with E-state index in [1.807, 2.05) is 0 Å². The number of nitrogens with one attached hydrogen (secondary N) is 1. The molecule has 1 heterocycles. The Morgan fingerprint density at radius 2 is 2.43 bits per heavy atom. The first-order valence-electron chi connectivity index (χ1n) is 3.90. The first-order chi connectivity index (χ1) is 6.65. The summed E-state index contributed by atoms with van der Waals surface area (Å²) in [6.07, 6.45) is 1.34. The molecule has 0 radical (unpaired) electrons. The van der Waals surface area contributed by atoms with Crippen molar-refractivity contribution in [3.63, 3.8) is 0 Å². The number of nitrogens with zero attached hydrogens (tertiary/aromatic N) is 1. The summed E-state index contributed by atoms with van der Waals surface area (Å²) in [5.74, 6) is -0.479. The van der Waals surface area contributed by atoms with Gasteiger partial charge in [-0.05, 0) is 6.07 Å². The number of anilines is 1. The summed E-state index contributed by atoms with van der Waals surface area (Å²) in [5.41, 5.74) is 5.90. The number of halogens is 2. The van der Waals surface area contributed by atoms with Crippen LogP contribution in [0.4, 0.5) is 10.1 Å². The summed E-state index contributed by atoms with van der Waals surface area (Å²) >= 11 is 5.65. The second-order valence-electron chi connectivity index (χ2n) is 2.55. The number of hydrogen-bond acceptors (Lipinski definition) is 3. The lowest BCUT2D eigenvalue weighted by Gasteiger charge is -2.04. The molecule has 1 aromatic rings. The Kier molecular flexibility index (Phi) is 3.64. The lowest BCUT2D eigenvalue weighted by Crippen LogP contribution is -2.26. The molecule has 76 valence electrons. The zero-order valence-electron chi connectivity index (χ0n) is 7.26. The first kappa shape index (κ1) is 10.7. The number of hydrogen-bond donors (Lipinski definition) is 2. The van der Waals surface area contributed by atoms with Crippen molar-refractivity contribution in [3.05, 3.63) is 23.0 Å². The molecule has 0 bridgehead atoms. The minimum absolute atomic E-state index is 0.0514. The molecule has 1 amide bonds. The molecule has 0 aliphatic heterocycles. The number of carbonyl (C=O) groups excluding carboxylic acids is 1. The van der Waals surface area contributed by atoms with Crippen molar-refractivity contribution in [1.29, 1.82) is 0 Å². The summed E-state index contributed by atoms with van der Waals surface area (Å²) in [7, 11) is 0. The van der Waals surface area contributed by atoms with Gasteiger partial charge >= 0.3 is 0 Å². The molecule has 6 heteroatoms. The molecule has 0 atom stereocenters. The van der Waals surface area contributed by atoms with Gasteiger partial charge in [0.25, 0.3) is 5.91 Å². The van der Waals surface area contributed by atoms with Crippen LogP contribution < -0.4 is 11.1 Å². The number of nitrogens with two attached hydrogens (primary N) is 1. The van der Waals surface area contributed by atoms with Gasteiger partial charge in [-0.3, -0.25) is 4.79 Å². The van der Waals surface area contributed by atoms with Crippen molar-refractivity contribution in [2.24, 2.45) is 0 Å². The Morgan fingerprint density at radius 3 is 3.07 bits per heavy atom. The van der Waals surface area contributed by atoms with Crippen LogP contribution in [0, 0.1) is 0 Å². The highest BCUT2D eigenvalue weighted by molar-refractivity contribution is 6.32. The van der Waals surface area contributed by atoms with E-state index in [2.05, 4.69) is 10.3 Å². The summed E-state index contributed by atoms with van der Waals surface area (Å²) in [5, 5.41) is 2.37. The van der Waals surface area contributed by atoms with Gasteiger partial charge in [0.05, 0.1) is 17.4 Å². The minimum atomic E-state index is -0.626. The molecule has 0 saturated carbocycles. The average Bonchev–Trinajstić information content (AvgIpc) is 2.18. The van der Waals surface area contributed by atoms with Gasteiger partial charge < -0.3 is 11.1 Å². The Bertz CT molecular complexity index is 345. The normalized spacial score (nSPS) is 9.86. The van der Waals surface area contributed by atoms with Gasteiger partial charge in [0.15, 0.2) is 0 Å². The first-order valence-corrected chi connectivity index (χ1v) is 4.28. The van der Waals surface area contributed by atoms with Crippen molar-refractivity contribution in [2.75, 3.05) is 19.0 Å². The van der Waals surface area contributed by atoms with Crippen LogP contribution in [-0.4, -0.2) is 24.1 Å². The quantitative estimate of drug-likeness (QED) is 0.743. The smallest absolute Gasteiger partial charge is 0.254 e. The molecular weight excluding hydrogens is 209 g/mol. The fraction of sp³-hybridized carbons (Fsp3) is 0.250. The lowest BCUT2D eigenvalue weighted by atomic mass is 10.2. The predicted molar refractivity (Wildman–Crippen MR) is 52.0 cm³/mol. The van der Waals surface area contributed by atoms with Crippen LogP contribution in [0.25, 0.3) is 0 Å². The van der Waals surface area contributed by atoms with Crippen molar-refractivity contribution in [1.82, 2.24) is 10.3 Å². The van der Waals surface area contributed by atoms with E-state index in [0.29, 0.717) is 5.69 Å². The highest BCUT2D eigenvalue weighted by Gasteiger charge is 2.10. The van der Waals surface area contributed by atoms with Crippen LogP contribution in [0.15, 0.2) is 12.3 Å². The fourth-order valence-corrected chi connectivity index (χ4v) is 1.07. The molecule has 1 rings (SSSR count). The maximum absolute atomic E-state index is 11.8. The minimum Gasteiger partial charge on any atom is -0.397 e. The van der Waals surface area contributed by atoms with Gasteiger partial charge in [0.1, 0.15) is 11.8 Å². The predicted octanol–water partition coefficient (Wildman–Crippen LogP) is 1.02. The summed E-state index contributed by atoms with van der Waals surface area (Å²) in [6, 6.07) is 1.39. The zero-order chi connectivity index (χ0) is 10.6.